The molecule has 0 aromatic carbocycles. The van der Waals surface area contributed by atoms with Crippen LogP contribution in [0.15, 0.2) is 17.6 Å². The molecule has 2 aromatic rings. The molecule has 0 unspecified atom stereocenters. The van der Waals surface area contributed by atoms with Crippen LogP contribution in [0.5, 0.6) is 0 Å². The third-order valence-electron chi connectivity index (χ3n) is 3.24. The number of aromatic nitrogens is 3. The van der Waals surface area contributed by atoms with Crippen molar-refractivity contribution in [2.75, 3.05) is 10.7 Å². The lowest BCUT2D eigenvalue weighted by molar-refractivity contribution is 0.600. The van der Waals surface area contributed by atoms with Crippen molar-refractivity contribution in [1.29, 1.82) is 0 Å². The quantitative estimate of drug-likeness (QED) is 0.579. The highest BCUT2D eigenvalue weighted by molar-refractivity contribution is 7.09. The van der Waals surface area contributed by atoms with Gasteiger partial charge in [0, 0.05) is 23.6 Å². The first kappa shape index (κ1) is 13.3. The minimum Gasteiger partial charge on any atom is -0.359 e. The van der Waals surface area contributed by atoms with Crippen molar-refractivity contribution < 1.29 is 0 Å². The van der Waals surface area contributed by atoms with Crippen molar-refractivity contribution in [3.05, 3.63) is 28.5 Å². The van der Waals surface area contributed by atoms with Crippen molar-refractivity contribution in [2.45, 2.75) is 38.1 Å². The van der Waals surface area contributed by atoms with Crippen molar-refractivity contribution in [1.82, 2.24) is 15.0 Å². The highest BCUT2D eigenvalue weighted by Crippen LogP contribution is 2.39. The molecule has 0 atom stereocenters. The van der Waals surface area contributed by atoms with Crippen molar-refractivity contribution >= 4 is 23.0 Å². The highest BCUT2D eigenvalue weighted by Gasteiger charge is 2.29. The smallest absolute Gasteiger partial charge is 0.145 e. The van der Waals surface area contributed by atoms with Gasteiger partial charge in [-0.25, -0.2) is 20.8 Å². The maximum atomic E-state index is 5.49. The van der Waals surface area contributed by atoms with Crippen LogP contribution in [0.1, 0.15) is 43.4 Å². The topological polar surface area (TPSA) is 88.8 Å². The van der Waals surface area contributed by atoms with Crippen molar-refractivity contribution in [2.24, 2.45) is 5.84 Å². The molecular weight excluding hydrogens is 272 g/mol. The minimum atomic E-state index is -0.283. The highest BCUT2D eigenvalue weighted by atomic mass is 32.1. The molecule has 1 fully saturated rings. The van der Waals surface area contributed by atoms with Gasteiger partial charge in [-0.3, -0.25) is 0 Å². The molecule has 1 aliphatic rings. The molecule has 1 saturated carbocycles. The summed E-state index contributed by atoms with van der Waals surface area (Å²) >= 11 is 1.62. The average molecular weight is 290 g/mol. The molecule has 0 saturated heterocycles. The molecule has 106 valence electrons. The zero-order chi connectivity index (χ0) is 14.2. The number of hydrazine groups is 1. The van der Waals surface area contributed by atoms with Crippen LogP contribution in [-0.2, 0) is 5.54 Å². The van der Waals surface area contributed by atoms with Crippen LogP contribution in [-0.4, -0.2) is 15.0 Å². The first-order valence-electron chi connectivity index (χ1n) is 6.62. The molecule has 2 aromatic heterocycles. The van der Waals surface area contributed by atoms with E-state index in [-0.39, 0.29) is 5.54 Å². The minimum absolute atomic E-state index is 0.283. The van der Waals surface area contributed by atoms with Gasteiger partial charge in [0.1, 0.15) is 22.5 Å². The Morgan fingerprint density at radius 3 is 2.65 bits per heavy atom. The number of rotatable bonds is 5. The Labute approximate surface area is 121 Å². The fraction of sp³-hybridized carbons (Fsp3) is 0.462. The standard InChI is InChI=1S/C13H18N6S/c1-13(2,12-15-5-6-20-12)18-9-7-10(19-14)17-11(16-9)8-3-4-8/h5-8H,3-4,14H2,1-2H3,(H2,16,17,18,19). The second kappa shape index (κ2) is 4.99. The van der Waals surface area contributed by atoms with E-state index in [1.807, 2.05) is 17.6 Å². The van der Waals surface area contributed by atoms with Gasteiger partial charge < -0.3 is 10.7 Å². The summed E-state index contributed by atoms with van der Waals surface area (Å²) in [5.41, 5.74) is 2.32. The Morgan fingerprint density at radius 1 is 1.30 bits per heavy atom. The van der Waals surface area contributed by atoms with Crippen LogP contribution in [0, 0.1) is 0 Å². The fourth-order valence-corrected chi connectivity index (χ4v) is 2.75. The predicted octanol–water partition coefficient (Wildman–Crippen LogP) is 2.44. The zero-order valence-corrected chi connectivity index (χ0v) is 12.4. The van der Waals surface area contributed by atoms with Gasteiger partial charge in [-0.05, 0) is 26.7 Å². The van der Waals surface area contributed by atoms with Crippen LogP contribution >= 0.6 is 11.3 Å². The first-order valence-corrected chi connectivity index (χ1v) is 7.50. The van der Waals surface area contributed by atoms with Gasteiger partial charge in [-0.1, -0.05) is 0 Å². The summed E-state index contributed by atoms with van der Waals surface area (Å²) in [6.07, 6.45) is 4.12. The van der Waals surface area contributed by atoms with E-state index in [1.54, 1.807) is 11.3 Å². The Bertz CT molecular complexity index is 591. The fourth-order valence-electron chi connectivity index (χ4n) is 2.03. The SMILES string of the molecule is CC(C)(Nc1cc(NN)nc(C2CC2)n1)c1nccs1. The van der Waals surface area contributed by atoms with E-state index in [1.165, 1.54) is 0 Å². The van der Waals surface area contributed by atoms with E-state index in [0.717, 1.165) is 29.5 Å². The van der Waals surface area contributed by atoms with Crippen LogP contribution in [0.25, 0.3) is 0 Å². The largest absolute Gasteiger partial charge is 0.359 e. The van der Waals surface area contributed by atoms with Gasteiger partial charge in [0.05, 0.1) is 5.54 Å². The van der Waals surface area contributed by atoms with E-state index >= 15 is 0 Å². The van der Waals surface area contributed by atoms with Crippen molar-refractivity contribution in [3.8, 4) is 0 Å². The number of nitrogens with two attached hydrogens (primary N) is 1. The number of hydrogen-bond donors (Lipinski definition) is 3. The third-order valence-corrected chi connectivity index (χ3v) is 4.34. The molecule has 6 nitrogen and oxygen atoms in total. The first-order chi connectivity index (χ1) is 9.58. The lowest BCUT2D eigenvalue weighted by atomic mass is 10.1. The number of thiazole rings is 1. The van der Waals surface area contributed by atoms with Gasteiger partial charge in [-0.2, -0.15) is 0 Å². The number of hydrogen-bond acceptors (Lipinski definition) is 7. The molecule has 0 spiro atoms. The second-order valence-corrected chi connectivity index (χ2v) is 6.40. The molecule has 2 heterocycles. The Morgan fingerprint density at radius 2 is 2.05 bits per heavy atom. The second-order valence-electron chi connectivity index (χ2n) is 5.50. The summed E-state index contributed by atoms with van der Waals surface area (Å²) in [4.78, 5) is 13.4. The van der Waals surface area contributed by atoms with E-state index in [4.69, 9.17) is 5.84 Å². The molecular formula is C13H18N6S. The number of nitrogens with one attached hydrogen (secondary N) is 2. The zero-order valence-electron chi connectivity index (χ0n) is 11.6. The number of nitrogen functional groups attached to an aromatic ring is 1. The molecule has 4 N–H and O–H groups in total. The predicted molar refractivity (Wildman–Crippen MR) is 80.6 cm³/mol. The molecule has 20 heavy (non-hydrogen) atoms. The average Bonchev–Trinajstić information content (AvgIpc) is 3.11. The number of nitrogens with zero attached hydrogens (tertiary/aromatic N) is 3. The monoisotopic (exact) mass is 290 g/mol. The van der Waals surface area contributed by atoms with E-state index in [9.17, 15) is 0 Å². The molecule has 0 aliphatic heterocycles. The lowest BCUT2D eigenvalue weighted by Gasteiger charge is -2.25. The van der Waals surface area contributed by atoms with E-state index in [2.05, 4.69) is 39.5 Å². The van der Waals surface area contributed by atoms with Gasteiger partial charge in [0.15, 0.2) is 0 Å². The van der Waals surface area contributed by atoms with Crippen LogP contribution in [0.2, 0.25) is 0 Å². The van der Waals surface area contributed by atoms with Gasteiger partial charge in [0.25, 0.3) is 0 Å². The molecule has 7 heteroatoms. The molecule has 0 radical (unpaired) electrons. The normalized spacial score (nSPS) is 15.2. The summed E-state index contributed by atoms with van der Waals surface area (Å²) in [6.45, 7) is 4.17. The summed E-state index contributed by atoms with van der Waals surface area (Å²) in [6, 6.07) is 1.82. The Hall–Kier alpha value is -1.73. The molecule has 3 rings (SSSR count). The molecule has 0 bridgehead atoms. The summed E-state index contributed by atoms with van der Waals surface area (Å²) < 4.78 is 0. The van der Waals surface area contributed by atoms with Crippen LogP contribution < -0.4 is 16.6 Å². The van der Waals surface area contributed by atoms with E-state index < -0.39 is 0 Å². The third kappa shape index (κ3) is 2.73. The Balaban J connectivity index is 1.88. The Kier molecular flexibility index (Phi) is 3.31. The van der Waals surface area contributed by atoms with E-state index in [0.29, 0.717) is 11.7 Å². The summed E-state index contributed by atoms with van der Waals surface area (Å²) in [7, 11) is 0. The van der Waals surface area contributed by atoms with Gasteiger partial charge in [-0.15, -0.1) is 11.3 Å². The molecule has 0 amide bonds. The van der Waals surface area contributed by atoms with Gasteiger partial charge >= 0.3 is 0 Å². The lowest BCUT2D eigenvalue weighted by Crippen LogP contribution is -2.28. The molecule has 1 aliphatic carbocycles. The van der Waals surface area contributed by atoms with Crippen LogP contribution in [0.4, 0.5) is 11.6 Å². The van der Waals surface area contributed by atoms with Crippen LogP contribution in [0.3, 0.4) is 0 Å². The summed E-state index contributed by atoms with van der Waals surface area (Å²) in [5, 5.41) is 6.41. The maximum absolute atomic E-state index is 5.49. The van der Waals surface area contributed by atoms with Gasteiger partial charge in [0.2, 0.25) is 0 Å². The number of anilines is 2. The summed E-state index contributed by atoms with van der Waals surface area (Å²) in [5.74, 6) is 8.24. The van der Waals surface area contributed by atoms with Crippen molar-refractivity contribution in [3.63, 3.8) is 0 Å². The maximum Gasteiger partial charge on any atom is 0.145 e.